The molecule has 0 saturated carbocycles. The lowest BCUT2D eigenvalue weighted by molar-refractivity contribution is -0.192. The molecule has 9 nitrogen and oxygen atoms in total. The summed E-state index contributed by atoms with van der Waals surface area (Å²) in [5, 5.41) is 16.6. The maximum Gasteiger partial charge on any atom is 0.490 e. The van der Waals surface area contributed by atoms with Gasteiger partial charge in [-0.2, -0.15) is 13.2 Å². The van der Waals surface area contributed by atoms with Crippen LogP contribution in [0.3, 0.4) is 0 Å². The lowest BCUT2D eigenvalue weighted by atomic mass is 10.1. The first-order chi connectivity index (χ1) is 19.1. The second-order valence-corrected chi connectivity index (χ2v) is 10.8. The molecule has 3 aromatic carbocycles. The largest absolute Gasteiger partial charge is 0.490 e. The first-order valence-corrected chi connectivity index (χ1v) is 13.6. The van der Waals surface area contributed by atoms with Gasteiger partial charge in [0.25, 0.3) is 10.0 Å². The number of alkyl halides is 3. The number of hydrogen-bond acceptors (Lipinski definition) is 6. The Morgan fingerprint density at radius 2 is 1.39 bits per heavy atom. The number of carboxylic acids is 2. The molecule has 0 bridgehead atoms. The van der Waals surface area contributed by atoms with Crippen molar-refractivity contribution in [2.45, 2.75) is 24.9 Å². The molecule has 4 rings (SSSR count). The number of aliphatic carboxylic acids is 1. The molecule has 41 heavy (non-hydrogen) atoms. The number of aromatic carboxylic acids is 1. The third kappa shape index (κ3) is 8.10. The Balaban J connectivity index is 0.000000587. The van der Waals surface area contributed by atoms with E-state index < -0.39 is 28.1 Å². The lowest BCUT2D eigenvalue weighted by Crippen LogP contribution is -2.46. The Morgan fingerprint density at radius 3 is 1.90 bits per heavy atom. The van der Waals surface area contributed by atoms with Gasteiger partial charge in [0.2, 0.25) is 0 Å². The second kappa shape index (κ2) is 12.5. The predicted octanol–water partition coefficient (Wildman–Crippen LogP) is 4.90. The van der Waals surface area contributed by atoms with Crippen molar-refractivity contribution >= 4 is 39.0 Å². The third-order valence-corrected chi connectivity index (χ3v) is 7.69. The Bertz CT molecular complexity index is 1520. The van der Waals surface area contributed by atoms with Crippen molar-refractivity contribution in [2.24, 2.45) is 0 Å². The molecule has 1 fully saturated rings. The van der Waals surface area contributed by atoms with Gasteiger partial charge >= 0.3 is 18.1 Å². The number of carbonyl (C=O) groups is 2. The minimum Gasteiger partial charge on any atom is -0.478 e. The van der Waals surface area contributed by atoms with E-state index in [1.165, 1.54) is 30.3 Å². The van der Waals surface area contributed by atoms with Crippen molar-refractivity contribution in [1.82, 2.24) is 0 Å². The Labute approximate surface area is 233 Å². The number of anilines is 3. The summed E-state index contributed by atoms with van der Waals surface area (Å²) in [6, 6.07) is 15.6. The minimum absolute atomic E-state index is 0.00788. The maximum atomic E-state index is 13.2. The van der Waals surface area contributed by atoms with Gasteiger partial charge in [-0.3, -0.25) is 4.72 Å². The molecule has 0 aromatic heterocycles. The molecule has 0 unspecified atom stereocenters. The molecule has 0 radical (unpaired) electrons. The zero-order valence-electron chi connectivity index (χ0n) is 21.9. The average molecular weight is 598 g/mol. The monoisotopic (exact) mass is 597 g/mol. The van der Waals surface area contributed by atoms with Crippen molar-refractivity contribution in [3.8, 4) is 0 Å². The second-order valence-electron chi connectivity index (χ2n) is 9.14. The summed E-state index contributed by atoms with van der Waals surface area (Å²) in [6.07, 6.45) is -5.08. The van der Waals surface area contributed by atoms with Crippen molar-refractivity contribution < 1.29 is 45.8 Å². The van der Waals surface area contributed by atoms with Crippen molar-refractivity contribution in [3.05, 3.63) is 83.2 Å². The van der Waals surface area contributed by atoms with Crippen LogP contribution in [0.25, 0.3) is 0 Å². The molecule has 14 heteroatoms. The number of nitrogens with zero attached hydrogens (tertiary/aromatic N) is 2. The average Bonchev–Trinajstić information content (AvgIpc) is 2.90. The molecule has 0 amide bonds. The summed E-state index contributed by atoms with van der Waals surface area (Å²) < 4.78 is 73.8. The number of benzene rings is 3. The van der Waals surface area contributed by atoms with Gasteiger partial charge in [-0.15, -0.1) is 0 Å². The van der Waals surface area contributed by atoms with Crippen molar-refractivity contribution in [2.75, 3.05) is 40.7 Å². The molecule has 1 heterocycles. The van der Waals surface area contributed by atoms with Crippen LogP contribution in [0.5, 0.6) is 0 Å². The minimum atomic E-state index is -5.08. The van der Waals surface area contributed by atoms with Gasteiger partial charge in [0.05, 0.1) is 21.8 Å². The number of hydrogen-bond donors (Lipinski definition) is 3. The summed E-state index contributed by atoms with van der Waals surface area (Å²) in [5.41, 5.74) is 3.56. The van der Waals surface area contributed by atoms with Gasteiger partial charge in [-0.05, 0) is 79.6 Å². The Hall–Kier alpha value is -4.33. The van der Waals surface area contributed by atoms with Gasteiger partial charge in [0.15, 0.2) is 0 Å². The maximum absolute atomic E-state index is 13.2. The standard InChI is InChI=1S/C25H26FN3O4S.C2HF3O2/c1-17-3-9-22(15-18(17)2)34(32,33)27-23-16-19(25(30)31)4-10-24(23)29-13-11-28(12-14-29)21-7-5-20(26)6-8-21;3-2(4,5)1(6)7/h3-10,15-16,27H,11-14H2,1-2H3,(H,30,31);(H,6,7). The fourth-order valence-electron chi connectivity index (χ4n) is 3.97. The number of sulfonamides is 1. The van der Waals surface area contributed by atoms with E-state index in [4.69, 9.17) is 9.90 Å². The van der Waals surface area contributed by atoms with Crippen LogP contribution in [0.15, 0.2) is 65.6 Å². The normalized spacial score (nSPS) is 13.7. The van der Waals surface area contributed by atoms with E-state index in [1.807, 2.05) is 18.7 Å². The topological polar surface area (TPSA) is 127 Å². The smallest absolute Gasteiger partial charge is 0.478 e. The van der Waals surface area contributed by atoms with Crippen LogP contribution in [-0.4, -0.2) is 62.9 Å². The fourth-order valence-corrected chi connectivity index (χ4v) is 5.12. The zero-order chi connectivity index (χ0) is 30.5. The van der Waals surface area contributed by atoms with E-state index in [1.54, 1.807) is 30.3 Å². The van der Waals surface area contributed by atoms with Crippen LogP contribution < -0.4 is 14.5 Å². The van der Waals surface area contributed by atoms with Crippen LogP contribution in [0, 0.1) is 19.7 Å². The summed E-state index contributed by atoms with van der Waals surface area (Å²) in [5.74, 6) is -4.19. The number of rotatable bonds is 6. The summed E-state index contributed by atoms with van der Waals surface area (Å²) in [4.78, 5) is 24.7. The van der Waals surface area contributed by atoms with E-state index >= 15 is 0 Å². The molecule has 0 spiro atoms. The molecule has 1 aliphatic rings. The van der Waals surface area contributed by atoms with Gasteiger partial charge in [0.1, 0.15) is 5.82 Å². The molecular weight excluding hydrogens is 570 g/mol. The molecule has 0 aliphatic carbocycles. The van der Waals surface area contributed by atoms with Crippen LogP contribution in [0.4, 0.5) is 34.6 Å². The quantitative estimate of drug-likeness (QED) is 0.343. The van der Waals surface area contributed by atoms with Gasteiger partial charge in [-0.25, -0.2) is 22.4 Å². The van der Waals surface area contributed by atoms with Crippen LogP contribution in [-0.2, 0) is 14.8 Å². The number of nitrogens with one attached hydrogen (secondary N) is 1. The number of halogens is 4. The molecule has 1 saturated heterocycles. The zero-order valence-corrected chi connectivity index (χ0v) is 22.8. The van der Waals surface area contributed by atoms with Crippen LogP contribution in [0.1, 0.15) is 21.5 Å². The lowest BCUT2D eigenvalue weighted by Gasteiger charge is -2.38. The number of aryl methyl sites for hydroxylation is 2. The summed E-state index contributed by atoms with van der Waals surface area (Å²) in [7, 11) is -3.93. The van der Waals surface area contributed by atoms with E-state index in [-0.39, 0.29) is 22.0 Å². The van der Waals surface area contributed by atoms with Crippen molar-refractivity contribution in [3.63, 3.8) is 0 Å². The van der Waals surface area contributed by atoms with E-state index in [0.717, 1.165) is 16.8 Å². The van der Waals surface area contributed by atoms with Crippen LogP contribution in [0.2, 0.25) is 0 Å². The molecular formula is C27H27F4N3O6S. The highest BCUT2D eigenvalue weighted by atomic mass is 32.2. The molecule has 0 atom stereocenters. The number of piperazine rings is 1. The summed E-state index contributed by atoms with van der Waals surface area (Å²) in [6.45, 7) is 6.21. The summed E-state index contributed by atoms with van der Waals surface area (Å²) >= 11 is 0. The van der Waals surface area contributed by atoms with Gasteiger partial charge < -0.3 is 20.0 Å². The van der Waals surface area contributed by atoms with Gasteiger partial charge in [-0.1, -0.05) is 6.07 Å². The Morgan fingerprint density at radius 1 is 0.829 bits per heavy atom. The Kier molecular flexibility index (Phi) is 9.48. The SMILES string of the molecule is Cc1ccc(S(=O)(=O)Nc2cc(C(=O)O)ccc2N2CCN(c3ccc(F)cc3)CC2)cc1C.O=C(O)C(F)(F)F. The predicted molar refractivity (Wildman–Crippen MR) is 145 cm³/mol. The van der Waals surface area contributed by atoms with Crippen molar-refractivity contribution in [1.29, 1.82) is 0 Å². The fraction of sp³-hybridized carbons (Fsp3) is 0.259. The molecule has 1 aliphatic heterocycles. The first-order valence-electron chi connectivity index (χ1n) is 12.1. The number of carboxylic acid groups (broad SMARTS) is 2. The first kappa shape index (κ1) is 31.2. The van der Waals surface area contributed by atoms with E-state index in [9.17, 15) is 35.9 Å². The highest BCUT2D eigenvalue weighted by Gasteiger charge is 2.38. The third-order valence-electron chi connectivity index (χ3n) is 6.33. The van der Waals surface area contributed by atoms with Crippen LogP contribution >= 0.6 is 0 Å². The molecule has 3 aromatic rings. The molecule has 220 valence electrons. The highest BCUT2D eigenvalue weighted by Crippen LogP contribution is 2.31. The molecule has 3 N–H and O–H groups in total. The van der Waals surface area contributed by atoms with Gasteiger partial charge in [0, 0.05) is 31.9 Å². The van der Waals surface area contributed by atoms with E-state index in [2.05, 4.69) is 9.62 Å². The van der Waals surface area contributed by atoms with E-state index in [0.29, 0.717) is 31.9 Å². The highest BCUT2D eigenvalue weighted by molar-refractivity contribution is 7.92.